The van der Waals surface area contributed by atoms with Crippen molar-refractivity contribution in [3.8, 4) is 0 Å². The Hall–Kier alpha value is -1.11. The Labute approximate surface area is 94.1 Å². The van der Waals surface area contributed by atoms with E-state index in [9.17, 15) is 18.0 Å². The van der Waals surface area contributed by atoms with Crippen LogP contribution in [-0.4, -0.2) is 67.7 Å². The lowest BCUT2D eigenvalue weighted by Crippen LogP contribution is -2.55. The summed E-state index contributed by atoms with van der Waals surface area (Å²) in [5.74, 6) is -0.186. The first-order valence-corrected chi connectivity index (χ1v) is 6.95. The summed E-state index contributed by atoms with van der Waals surface area (Å²) in [5.41, 5.74) is 0. The molecular formula is C9H14N2O4S. The number of hydrogen-bond donors (Lipinski definition) is 0. The number of nitrogens with zero attached hydrogens (tertiary/aromatic N) is 2. The van der Waals surface area contributed by atoms with Gasteiger partial charge in [-0.1, -0.05) is 0 Å². The summed E-state index contributed by atoms with van der Waals surface area (Å²) in [4.78, 5) is 25.9. The molecule has 0 aliphatic carbocycles. The molecule has 2 fully saturated rings. The van der Waals surface area contributed by atoms with E-state index in [1.165, 1.54) is 9.80 Å². The van der Waals surface area contributed by atoms with Crippen LogP contribution in [-0.2, 0) is 19.4 Å². The quantitative estimate of drug-likeness (QED) is 0.563. The third-order valence-electron chi connectivity index (χ3n) is 3.07. The molecule has 2 aliphatic heterocycles. The van der Waals surface area contributed by atoms with Crippen molar-refractivity contribution in [2.24, 2.45) is 0 Å². The lowest BCUT2D eigenvalue weighted by atomic mass is 10.2. The van der Waals surface area contributed by atoms with Gasteiger partial charge in [-0.25, -0.2) is 8.42 Å². The van der Waals surface area contributed by atoms with Gasteiger partial charge < -0.3 is 9.80 Å². The Kier molecular flexibility index (Phi) is 2.65. The summed E-state index contributed by atoms with van der Waals surface area (Å²) in [5, 5.41) is 0. The molecule has 0 radical (unpaired) electrons. The first-order valence-electron chi connectivity index (χ1n) is 5.13. The van der Waals surface area contributed by atoms with Crippen LogP contribution in [0.2, 0.25) is 0 Å². The van der Waals surface area contributed by atoms with Crippen LogP contribution in [0.25, 0.3) is 0 Å². The van der Waals surface area contributed by atoms with Gasteiger partial charge in [-0.2, -0.15) is 0 Å². The summed E-state index contributed by atoms with van der Waals surface area (Å²) in [7, 11) is -1.45. The molecule has 0 N–H and O–H groups in total. The number of hydrogen-bond acceptors (Lipinski definition) is 4. The van der Waals surface area contributed by atoms with Crippen LogP contribution in [0.15, 0.2) is 0 Å². The molecule has 2 rings (SSSR count). The maximum Gasteiger partial charge on any atom is 0.242 e. The smallest absolute Gasteiger partial charge is 0.242 e. The third kappa shape index (κ3) is 2.04. The molecule has 0 aromatic rings. The van der Waals surface area contributed by atoms with Crippen molar-refractivity contribution in [3.63, 3.8) is 0 Å². The van der Waals surface area contributed by atoms with E-state index in [1.807, 2.05) is 0 Å². The molecule has 0 spiro atoms. The van der Waals surface area contributed by atoms with Gasteiger partial charge in [0, 0.05) is 13.1 Å². The summed E-state index contributed by atoms with van der Waals surface area (Å²) in [6, 6.07) is -0.310. The number of piperazine rings is 1. The monoisotopic (exact) mass is 246 g/mol. The van der Waals surface area contributed by atoms with E-state index >= 15 is 0 Å². The largest absolute Gasteiger partial charge is 0.335 e. The highest BCUT2D eigenvalue weighted by atomic mass is 32.2. The Morgan fingerprint density at radius 2 is 1.88 bits per heavy atom. The standard InChI is InChI=1S/C9H14N2O4S/c1-10-4-9(13)11(5-8(10)12)7-2-3-16(14,15)6-7/h7H,2-6H2,1H3. The van der Waals surface area contributed by atoms with Crippen LogP contribution < -0.4 is 0 Å². The van der Waals surface area contributed by atoms with Crippen LogP contribution in [0.4, 0.5) is 0 Å². The molecule has 1 unspecified atom stereocenters. The molecule has 0 aromatic carbocycles. The maximum atomic E-state index is 11.7. The van der Waals surface area contributed by atoms with Crippen molar-refractivity contribution in [1.29, 1.82) is 0 Å². The molecule has 2 heterocycles. The molecule has 1 atom stereocenters. The number of carbonyl (C=O) groups excluding carboxylic acids is 2. The van der Waals surface area contributed by atoms with Crippen molar-refractivity contribution in [2.75, 3.05) is 31.6 Å². The first kappa shape index (κ1) is 11.4. The first-order chi connectivity index (χ1) is 7.39. The van der Waals surface area contributed by atoms with Crippen molar-refractivity contribution >= 4 is 21.7 Å². The van der Waals surface area contributed by atoms with Gasteiger partial charge in [0.1, 0.15) is 6.54 Å². The molecule has 0 aromatic heterocycles. The van der Waals surface area contributed by atoms with Gasteiger partial charge in [-0.05, 0) is 6.42 Å². The number of carbonyl (C=O) groups is 2. The zero-order valence-corrected chi connectivity index (χ0v) is 9.87. The lowest BCUT2D eigenvalue weighted by molar-refractivity contribution is -0.150. The van der Waals surface area contributed by atoms with Crippen LogP contribution in [0, 0.1) is 0 Å². The van der Waals surface area contributed by atoms with Gasteiger partial charge in [0.05, 0.1) is 18.1 Å². The predicted molar refractivity (Wildman–Crippen MR) is 56.4 cm³/mol. The summed E-state index contributed by atoms with van der Waals surface area (Å²) < 4.78 is 22.6. The molecule has 2 aliphatic rings. The van der Waals surface area contributed by atoms with E-state index in [-0.39, 0.29) is 42.5 Å². The Bertz CT molecular complexity index is 431. The zero-order valence-electron chi connectivity index (χ0n) is 9.05. The van der Waals surface area contributed by atoms with Gasteiger partial charge in [-0.3, -0.25) is 9.59 Å². The zero-order chi connectivity index (χ0) is 11.9. The highest BCUT2D eigenvalue weighted by Crippen LogP contribution is 2.19. The topological polar surface area (TPSA) is 74.8 Å². The van der Waals surface area contributed by atoms with Crippen molar-refractivity contribution in [2.45, 2.75) is 12.5 Å². The molecule has 2 amide bonds. The predicted octanol–water partition coefficient (Wildman–Crippen LogP) is -1.53. The number of sulfone groups is 1. The minimum atomic E-state index is -3.02. The number of amides is 2. The van der Waals surface area contributed by atoms with Crippen LogP contribution in [0.1, 0.15) is 6.42 Å². The van der Waals surface area contributed by atoms with Gasteiger partial charge in [0.2, 0.25) is 11.8 Å². The molecule has 0 saturated carbocycles. The minimum absolute atomic E-state index is 0.00423. The Morgan fingerprint density at radius 3 is 2.44 bits per heavy atom. The Morgan fingerprint density at radius 1 is 1.19 bits per heavy atom. The molecule has 7 heteroatoms. The van der Waals surface area contributed by atoms with Crippen molar-refractivity contribution in [3.05, 3.63) is 0 Å². The van der Waals surface area contributed by atoms with E-state index in [0.29, 0.717) is 6.42 Å². The molecule has 0 bridgehead atoms. The molecular weight excluding hydrogens is 232 g/mol. The normalized spacial score (nSPS) is 29.9. The van der Waals surface area contributed by atoms with Crippen molar-refractivity contribution in [1.82, 2.24) is 9.80 Å². The van der Waals surface area contributed by atoms with E-state index in [0.717, 1.165) is 0 Å². The van der Waals surface area contributed by atoms with Crippen LogP contribution in [0.5, 0.6) is 0 Å². The Balaban J connectivity index is 2.11. The third-order valence-corrected chi connectivity index (χ3v) is 4.82. The SMILES string of the molecule is CN1CC(=O)N(C2CCS(=O)(=O)C2)CC1=O. The highest BCUT2D eigenvalue weighted by Gasteiger charge is 2.38. The fraction of sp³-hybridized carbons (Fsp3) is 0.778. The molecule has 2 saturated heterocycles. The summed E-state index contributed by atoms with van der Waals surface area (Å²) in [6.07, 6.45) is 0.449. The van der Waals surface area contributed by atoms with Gasteiger partial charge in [0.15, 0.2) is 9.84 Å². The van der Waals surface area contributed by atoms with Gasteiger partial charge in [-0.15, -0.1) is 0 Å². The summed E-state index contributed by atoms with van der Waals surface area (Å²) >= 11 is 0. The van der Waals surface area contributed by atoms with E-state index in [2.05, 4.69) is 0 Å². The number of likely N-dealkylation sites (N-methyl/N-ethyl adjacent to an activating group) is 1. The van der Waals surface area contributed by atoms with Gasteiger partial charge >= 0.3 is 0 Å². The molecule has 6 nitrogen and oxygen atoms in total. The highest BCUT2D eigenvalue weighted by molar-refractivity contribution is 7.91. The van der Waals surface area contributed by atoms with E-state index < -0.39 is 9.84 Å². The molecule has 90 valence electrons. The van der Waals surface area contributed by atoms with E-state index in [4.69, 9.17) is 0 Å². The fourth-order valence-corrected chi connectivity index (χ4v) is 3.82. The summed E-state index contributed by atoms with van der Waals surface area (Å²) in [6.45, 7) is 0.0604. The minimum Gasteiger partial charge on any atom is -0.335 e. The van der Waals surface area contributed by atoms with Crippen LogP contribution >= 0.6 is 0 Å². The molecule has 16 heavy (non-hydrogen) atoms. The average Bonchev–Trinajstić information content (AvgIpc) is 2.52. The second-order valence-corrected chi connectivity index (χ2v) is 6.56. The van der Waals surface area contributed by atoms with Crippen molar-refractivity contribution < 1.29 is 18.0 Å². The lowest BCUT2D eigenvalue weighted by Gasteiger charge is -2.35. The average molecular weight is 246 g/mol. The fourth-order valence-electron chi connectivity index (χ4n) is 2.09. The van der Waals surface area contributed by atoms with Gasteiger partial charge in [0.25, 0.3) is 0 Å². The number of rotatable bonds is 1. The second kappa shape index (κ2) is 3.73. The second-order valence-electron chi connectivity index (χ2n) is 4.33. The maximum absolute atomic E-state index is 11.7. The van der Waals surface area contributed by atoms with Crippen LogP contribution in [0.3, 0.4) is 0 Å². The van der Waals surface area contributed by atoms with E-state index in [1.54, 1.807) is 7.05 Å².